The minimum Gasteiger partial charge on any atom is -0.493 e. The van der Waals surface area contributed by atoms with Crippen molar-refractivity contribution in [1.82, 2.24) is 14.9 Å². The molecule has 1 heterocycles. The minimum absolute atomic E-state index is 0.203. The number of rotatable bonds is 8. The lowest BCUT2D eigenvalue weighted by Gasteiger charge is -2.15. The molecule has 2 aromatic carbocycles. The zero-order valence-corrected chi connectivity index (χ0v) is 18.4. The average Bonchev–Trinajstić information content (AvgIpc) is 3.04. The monoisotopic (exact) mass is 447 g/mol. The molecule has 0 saturated carbocycles. The van der Waals surface area contributed by atoms with Crippen molar-refractivity contribution in [3.05, 3.63) is 63.1 Å². The van der Waals surface area contributed by atoms with E-state index in [-0.39, 0.29) is 12.5 Å². The van der Waals surface area contributed by atoms with Gasteiger partial charge in [0.1, 0.15) is 5.82 Å². The van der Waals surface area contributed by atoms with Gasteiger partial charge in [-0.1, -0.05) is 29.3 Å². The van der Waals surface area contributed by atoms with Crippen LogP contribution in [0.25, 0.3) is 0 Å². The van der Waals surface area contributed by atoms with Crippen molar-refractivity contribution < 1.29 is 14.3 Å². The molecule has 0 atom stereocenters. The number of H-pyrrole nitrogens is 1. The summed E-state index contributed by atoms with van der Waals surface area (Å²) in [5.41, 5.74) is 5.81. The number of nitrogens with one attached hydrogen (secondary N) is 3. The van der Waals surface area contributed by atoms with Crippen molar-refractivity contribution in [2.45, 2.75) is 20.4 Å². The normalized spacial score (nSPS) is 10.5. The minimum atomic E-state index is -0.299. The molecule has 3 N–H and O–H groups in total. The first-order valence-corrected chi connectivity index (χ1v) is 9.89. The second kappa shape index (κ2) is 9.64. The summed E-state index contributed by atoms with van der Waals surface area (Å²) < 4.78 is 13.2. The third kappa shape index (κ3) is 5.31. The van der Waals surface area contributed by atoms with Gasteiger partial charge in [0.25, 0.3) is 5.91 Å². The van der Waals surface area contributed by atoms with Crippen LogP contribution < -0.4 is 20.2 Å². The standard InChI is InChI=1S/C20H22ClN5O3S/c1-12-4-6-15(7-5-12)23-18(27)11-29-19-16(21)8-14(9-17(19)28-3)10-22-26-13(2)24-25-20(26)30/h4-9,22H,10-11H2,1-3H3,(H,23,27)(H,25,30). The predicted molar refractivity (Wildman–Crippen MR) is 119 cm³/mol. The second-order valence-corrected chi connectivity index (χ2v) is 7.35. The van der Waals surface area contributed by atoms with E-state index in [0.717, 1.165) is 11.1 Å². The molecule has 1 amide bonds. The van der Waals surface area contributed by atoms with Gasteiger partial charge in [-0.05, 0) is 55.9 Å². The summed E-state index contributed by atoms with van der Waals surface area (Å²) >= 11 is 11.6. The summed E-state index contributed by atoms with van der Waals surface area (Å²) in [4.78, 5) is 12.2. The molecular weight excluding hydrogens is 426 g/mol. The van der Waals surface area contributed by atoms with Crippen LogP contribution in [-0.2, 0) is 11.3 Å². The number of carbonyl (C=O) groups is 1. The molecule has 158 valence electrons. The molecule has 0 unspecified atom stereocenters. The lowest BCUT2D eigenvalue weighted by molar-refractivity contribution is -0.118. The zero-order chi connectivity index (χ0) is 21.7. The van der Waals surface area contributed by atoms with Gasteiger partial charge in [-0.2, -0.15) is 5.10 Å². The van der Waals surface area contributed by atoms with Crippen molar-refractivity contribution >= 4 is 35.4 Å². The first-order chi connectivity index (χ1) is 14.4. The Kier molecular flexibility index (Phi) is 6.96. The molecule has 0 aliphatic rings. The van der Waals surface area contributed by atoms with E-state index in [4.69, 9.17) is 33.3 Å². The van der Waals surface area contributed by atoms with Gasteiger partial charge in [0.15, 0.2) is 18.1 Å². The Hall–Kier alpha value is -3.04. The first-order valence-electron chi connectivity index (χ1n) is 9.11. The fraction of sp³-hybridized carbons (Fsp3) is 0.250. The van der Waals surface area contributed by atoms with Crippen molar-refractivity contribution in [3.8, 4) is 11.5 Å². The number of benzene rings is 2. The fourth-order valence-electron chi connectivity index (χ4n) is 2.72. The SMILES string of the molecule is COc1cc(CNn2c(C)n[nH]c2=S)cc(Cl)c1OCC(=O)Nc1ccc(C)cc1. The Labute approximate surface area is 184 Å². The van der Waals surface area contributed by atoms with Gasteiger partial charge in [0.05, 0.1) is 18.7 Å². The van der Waals surface area contributed by atoms with E-state index in [0.29, 0.717) is 39.3 Å². The smallest absolute Gasteiger partial charge is 0.262 e. The van der Waals surface area contributed by atoms with E-state index in [1.165, 1.54) is 7.11 Å². The molecule has 0 fully saturated rings. The Balaban J connectivity index is 1.65. The second-order valence-electron chi connectivity index (χ2n) is 6.56. The lowest BCUT2D eigenvalue weighted by Crippen LogP contribution is -2.20. The van der Waals surface area contributed by atoms with Crippen LogP contribution in [0.3, 0.4) is 0 Å². The number of halogens is 1. The molecule has 8 nitrogen and oxygen atoms in total. The number of hydrogen-bond acceptors (Lipinski definition) is 6. The summed E-state index contributed by atoms with van der Waals surface area (Å²) in [6, 6.07) is 11.0. The van der Waals surface area contributed by atoms with E-state index >= 15 is 0 Å². The molecule has 0 saturated heterocycles. The molecule has 3 rings (SSSR count). The number of aryl methyl sites for hydroxylation is 2. The van der Waals surface area contributed by atoms with Crippen LogP contribution in [-0.4, -0.2) is 34.5 Å². The van der Waals surface area contributed by atoms with Gasteiger partial charge in [-0.15, -0.1) is 0 Å². The van der Waals surface area contributed by atoms with Gasteiger partial charge in [0, 0.05) is 5.69 Å². The van der Waals surface area contributed by atoms with Crippen LogP contribution in [0.4, 0.5) is 5.69 Å². The van der Waals surface area contributed by atoms with Crippen molar-refractivity contribution in [1.29, 1.82) is 0 Å². The van der Waals surface area contributed by atoms with E-state index < -0.39 is 0 Å². The maximum Gasteiger partial charge on any atom is 0.262 e. The Morgan fingerprint density at radius 1 is 1.27 bits per heavy atom. The molecule has 0 spiro atoms. The fourth-order valence-corrected chi connectivity index (χ4v) is 3.25. The van der Waals surface area contributed by atoms with Crippen LogP contribution in [0.2, 0.25) is 5.02 Å². The predicted octanol–water partition coefficient (Wildman–Crippen LogP) is 3.98. The first kappa shape index (κ1) is 21.7. The summed E-state index contributed by atoms with van der Waals surface area (Å²) in [5.74, 6) is 1.14. The Morgan fingerprint density at radius 3 is 2.63 bits per heavy atom. The zero-order valence-electron chi connectivity index (χ0n) is 16.8. The highest BCUT2D eigenvalue weighted by Crippen LogP contribution is 2.36. The number of anilines is 1. The van der Waals surface area contributed by atoms with Crippen LogP contribution in [0.5, 0.6) is 11.5 Å². The van der Waals surface area contributed by atoms with Crippen molar-refractivity contribution in [3.63, 3.8) is 0 Å². The number of amides is 1. The third-order valence-electron chi connectivity index (χ3n) is 4.25. The number of aromatic nitrogens is 3. The van der Waals surface area contributed by atoms with Gasteiger partial charge in [-0.25, -0.2) is 4.68 Å². The number of nitrogens with zero attached hydrogens (tertiary/aromatic N) is 2. The van der Waals surface area contributed by atoms with E-state index in [1.807, 2.05) is 38.1 Å². The molecule has 0 bridgehead atoms. The molecular formula is C20H22ClN5O3S. The molecule has 0 aliphatic heterocycles. The Morgan fingerprint density at radius 2 is 2.00 bits per heavy atom. The van der Waals surface area contributed by atoms with Gasteiger partial charge < -0.3 is 20.2 Å². The van der Waals surface area contributed by atoms with Gasteiger partial charge in [-0.3, -0.25) is 9.89 Å². The maximum absolute atomic E-state index is 12.2. The highest BCUT2D eigenvalue weighted by Gasteiger charge is 2.14. The van der Waals surface area contributed by atoms with Crippen LogP contribution in [0, 0.1) is 18.6 Å². The Bertz CT molecular complexity index is 1090. The van der Waals surface area contributed by atoms with Crippen LogP contribution in [0.1, 0.15) is 17.0 Å². The molecule has 1 aromatic heterocycles. The average molecular weight is 448 g/mol. The largest absolute Gasteiger partial charge is 0.493 e. The van der Waals surface area contributed by atoms with E-state index in [1.54, 1.807) is 16.8 Å². The van der Waals surface area contributed by atoms with Crippen molar-refractivity contribution in [2.75, 3.05) is 24.5 Å². The highest BCUT2D eigenvalue weighted by molar-refractivity contribution is 7.71. The number of carbonyl (C=O) groups excluding carboxylic acids is 1. The number of methoxy groups -OCH3 is 1. The summed E-state index contributed by atoms with van der Waals surface area (Å²) in [7, 11) is 1.51. The molecule has 0 aliphatic carbocycles. The van der Waals surface area contributed by atoms with Gasteiger partial charge >= 0.3 is 0 Å². The van der Waals surface area contributed by atoms with Gasteiger partial charge in [0.2, 0.25) is 4.77 Å². The number of hydrogen-bond donors (Lipinski definition) is 3. The molecule has 0 radical (unpaired) electrons. The lowest BCUT2D eigenvalue weighted by atomic mass is 10.2. The van der Waals surface area contributed by atoms with Crippen molar-refractivity contribution in [2.24, 2.45) is 0 Å². The molecule has 10 heteroatoms. The van der Waals surface area contributed by atoms with E-state index in [2.05, 4.69) is 20.9 Å². The molecule has 3 aromatic rings. The van der Waals surface area contributed by atoms with Crippen LogP contribution >= 0.6 is 23.8 Å². The summed E-state index contributed by atoms with van der Waals surface area (Å²) in [6.45, 7) is 4.03. The highest BCUT2D eigenvalue weighted by atomic mass is 35.5. The molecule has 30 heavy (non-hydrogen) atoms. The summed E-state index contributed by atoms with van der Waals surface area (Å²) in [5, 5.41) is 9.86. The quantitative estimate of drug-likeness (QED) is 0.452. The summed E-state index contributed by atoms with van der Waals surface area (Å²) in [6.07, 6.45) is 0. The third-order valence-corrected chi connectivity index (χ3v) is 4.81. The number of aromatic amines is 1. The topological polar surface area (TPSA) is 93.2 Å². The van der Waals surface area contributed by atoms with Crippen LogP contribution in [0.15, 0.2) is 36.4 Å². The number of ether oxygens (including phenoxy) is 2. The van der Waals surface area contributed by atoms with E-state index in [9.17, 15) is 4.79 Å². The maximum atomic E-state index is 12.2.